The van der Waals surface area contributed by atoms with Gasteiger partial charge < -0.3 is 10.3 Å². The number of amides is 1. The third-order valence-electron chi connectivity index (χ3n) is 7.58. The van der Waals surface area contributed by atoms with Crippen LogP contribution < -0.4 is 10.6 Å². The highest BCUT2D eigenvalue weighted by atomic mass is 35.5. The second-order valence-corrected chi connectivity index (χ2v) is 8.90. The number of hydrogen-bond acceptors (Lipinski definition) is 4. The van der Waals surface area contributed by atoms with Gasteiger partial charge in [0, 0.05) is 29.4 Å². The second-order valence-electron chi connectivity index (χ2n) is 8.90. The molecule has 3 heterocycles. The van der Waals surface area contributed by atoms with Gasteiger partial charge >= 0.3 is 0 Å². The number of carbonyl (C=O) groups is 1. The molecule has 8 heteroatoms. The minimum atomic E-state index is -0.164. The van der Waals surface area contributed by atoms with Crippen LogP contribution in [0.4, 0.5) is 0 Å². The third kappa shape index (κ3) is 3.13. The van der Waals surface area contributed by atoms with Crippen molar-refractivity contribution in [3.63, 3.8) is 0 Å². The van der Waals surface area contributed by atoms with Gasteiger partial charge in [-0.25, -0.2) is 9.98 Å². The molecule has 3 N–H and O–H groups in total. The summed E-state index contributed by atoms with van der Waals surface area (Å²) in [5.74, 6) is 1.16. The molecule has 2 saturated carbocycles. The third-order valence-corrected chi connectivity index (χ3v) is 7.58. The molecule has 0 spiro atoms. The first kappa shape index (κ1) is 21.7. The molecule has 2 aromatic rings. The van der Waals surface area contributed by atoms with E-state index in [1.807, 2.05) is 24.4 Å². The predicted molar refractivity (Wildman–Crippen MR) is 120 cm³/mol. The van der Waals surface area contributed by atoms with Gasteiger partial charge in [-0.15, -0.1) is 24.8 Å². The molecule has 2 fully saturated rings. The molecule has 1 unspecified atom stereocenters. The SMILES string of the molecule is CC1(C)[C@@H]2CC[C@@]1(C)C(NC1=N/C(=C\c3c[nH]c4ncccc34)C(=O)N1)C2.Cl.Cl. The number of aromatic amines is 1. The van der Waals surface area contributed by atoms with E-state index < -0.39 is 0 Å². The number of H-pyrrole nitrogens is 1. The number of halogens is 2. The van der Waals surface area contributed by atoms with E-state index in [9.17, 15) is 4.79 Å². The number of fused-ring (bicyclic) bond motifs is 3. The van der Waals surface area contributed by atoms with Crippen molar-refractivity contribution in [3.05, 3.63) is 35.8 Å². The van der Waals surface area contributed by atoms with Gasteiger partial charge in [0.25, 0.3) is 5.91 Å². The maximum atomic E-state index is 12.4. The fourth-order valence-electron chi connectivity index (χ4n) is 5.37. The molecule has 156 valence electrons. The van der Waals surface area contributed by atoms with E-state index >= 15 is 0 Å². The Kier molecular flexibility index (Phi) is 5.47. The number of hydrogen-bond donors (Lipinski definition) is 3. The summed E-state index contributed by atoms with van der Waals surface area (Å²) in [5, 5.41) is 7.42. The van der Waals surface area contributed by atoms with Crippen molar-refractivity contribution < 1.29 is 4.79 Å². The van der Waals surface area contributed by atoms with Crippen molar-refractivity contribution in [2.24, 2.45) is 21.7 Å². The summed E-state index contributed by atoms with van der Waals surface area (Å²) < 4.78 is 0. The molecule has 0 radical (unpaired) electrons. The highest BCUT2D eigenvalue weighted by Gasteiger charge is 2.61. The molecule has 1 aliphatic heterocycles. The van der Waals surface area contributed by atoms with E-state index in [1.165, 1.54) is 12.8 Å². The van der Waals surface area contributed by atoms with Crippen LogP contribution in [0.25, 0.3) is 17.1 Å². The first-order valence-electron chi connectivity index (χ1n) is 9.69. The molecule has 0 aromatic carbocycles. The first-order valence-corrected chi connectivity index (χ1v) is 9.69. The van der Waals surface area contributed by atoms with Crippen LogP contribution in [0, 0.1) is 16.7 Å². The van der Waals surface area contributed by atoms with Gasteiger partial charge in [-0.1, -0.05) is 20.8 Å². The van der Waals surface area contributed by atoms with Crippen molar-refractivity contribution in [1.82, 2.24) is 20.6 Å². The van der Waals surface area contributed by atoms with Gasteiger partial charge in [0.05, 0.1) is 0 Å². The Hall–Kier alpha value is -2.05. The molecular formula is C21H27Cl2N5O. The van der Waals surface area contributed by atoms with Crippen LogP contribution >= 0.6 is 24.8 Å². The van der Waals surface area contributed by atoms with Crippen LogP contribution in [0.1, 0.15) is 45.6 Å². The molecule has 3 aliphatic rings. The van der Waals surface area contributed by atoms with Gasteiger partial charge in [-0.05, 0) is 54.2 Å². The lowest BCUT2D eigenvalue weighted by Gasteiger charge is -2.39. The minimum Gasteiger partial charge on any atom is -0.352 e. The summed E-state index contributed by atoms with van der Waals surface area (Å²) in [6.45, 7) is 7.15. The largest absolute Gasteiger partial charge is 0.352 e. The number of aromatic nitrogens is 2. The van der Waals surface area contributed by atoms with Crippen LogP contribution in [0.3, 0.4) is 0 Å². The average Bonchev–Trinajstić information content (AvgIpc) is 3.30. The minimum absolute atomic E-state index is 0. The van der Waals surface area contributed by atoms with E-state index in [2.05, 4.69) is 46.4 Å². The van der Waals surface area contributed by atoms with E-state index in [0.717, 1.165) is 28.9 Å². The molecule has 2 aliphatic carbocycles. The van der Waals surface area contributed by atoms with Crippen LogP contribution in [-0.2, 0) is 4.79 Å². The average molecular weight is 436 g/mol. The van der Waals surface area contributed by atoms with Crippen molar-refractivity contribution in [1.29, 1.82) is 0 Å². The smallest absolute Gasteiger partial charge is 0.276 e. The number of aliphatic imine (C=N–C) groups is 1. The fourth-order valence-corrected chi connectivity index (χ4v) is 5.37. The Morgan fingerprint density at radius 2 is 2.07 bits per heavy atom. The van der Waals surface area contributed by atoms with Crippen molar-refractivity contribution in [3.8, 4) is 0 Å². The first-order chi connectivity index (χ1) is 12.9. The molecule has 2 bridgehead atoms. The molecule has 5 rings (SSSR count). The van der Waals surface area contributed by atoms with Crippen LogP contribution in [0.2, 0.25) is 0 Å². The quantitative estimate of drug-likeness (QED) is 0.622. The Morgan fingerprint density at radius 3 is 2.76 bits per heavy atom. The fraction of sp³-hybridized carbons (Fsp3) is 0.476. The monoisotopic (exact) mass is 435 g/mol. The van der Waals surface area contributed by atoms with E-state index in [4.69, 9.17) is 0 Å². The van der Waals surface area contributed by atoms with Crippen LogP contribution in [0.15, 0.2) is 35.2 Å². The topological polar surface area (TPSA) is 82.2 Å². The molecule has 3 atom stereocenters. The zero-order chi connectivity index (χ0) is 18.8. The second kappa shape index (κ2) is 7.33. The van der Waals surface area contributed by atoms with Crippen LogP contribution in [0.5, 0.6) is 0 Å². The van der Waals surface area contributed by atoms with Crippen molar-refractivity contribution in [2.45, 2.75) is 46.1 Å². The summed E-state index contributed by atoms with van der Waals surface area (Å²) in [4.78, 5) is 24.4. The summed E-state index contributed by atoms with van der Waals surface area (Å²) in [7, 11) is 0. The highest BCUT2D eigenvalue weighted by Crippen LogP contribution is 2.65. The standard InChI is InChI=1S/C21H25N5O.2ClH/c1-20(2)13-6-7-21(20,3)16(10-13)25-19-24-15(18(27)26-19)9-12-11-23-17-14(12)5-4-8-22-17;;/h4-5,8-9,11,13,16H,6-7,10H2,1-3H3,(H,22,23)(H2,24,25,26,27);2*1H/b15-9-;;/t13-,16?,21+;;/m1../s1. The molecule has 0 saturated heterocycles. The summed E-state index contributed by atoms with van der Waals surface area (Å²) >= 11 is 0. The Labute approximate surface area is 182 Å². The molecule has 29 heavy (non-hydrogen) atoms. The van der Waals surface area contributed by atoms with Gasteiger partial charge in [0.2, 0.25) is 5.96 Å². The van der Waals surface area contributed by atoms with Crippen molar-refractivity contribution >= 4 is 53.8 Å². The summed E-state index contributed by atoms with van der Waals surface area (Å²) in [5.41, 5.74) is 2.71. The molecule has 2 aromatic heterocycles. The van der Waals surface area contributed by atoms with Gasteiger partial charge in [-0.2, -0.15) is 0 Å². The number of guanidine groups is 1. The lowest BCUT2D eigenvalue weighted by Crippen LogP contribution is -2.50. The maximum Gasteiger partial charge on any atom is 0.276 e. The van der Waals surface area contributed by atoms with Crippen molar-refractivity contribution in [2.75, 3.05) is 0 Å². The molecule has 1 amide bonds. The number of carbonyl (C=O) groups excluding carboxylic acids is 1. The number of nitrogens with zero attached hydrogens (tertiary/aromatic N) is 2. The van der Waals surface area contributed by atoms with Crippen LogP contribution in [-0.4, -0.2) is 27.9 Å². The Morgan fingerprint density at radius 1 is 1.28 bits per heavy atom. The number of nitrogens with one attached hydrogen (secondary N) is 3. The zero-order valence-electron chi connectivity index (χ0n) is 16.8. The molecular weight excluding hydrogens is 409 g/mol. The Balaban J connectivity index is 0.00000120. The summed E-state index contributed by atoms with van der Waals surface area (Å²) in [6.07, 6.45) is 9.10. The van der Waals surface area contributed by atoms with Gasteiger partial charge in [0.1, 0.15) is 11.3 Å². The Bertz CT molecular complexity index is 1010. The predicted octanol–water partition coefficient (Wildman–Crippen LogP) is 4.04. The summed E-state index contributed by atoms with van der Waals surface area (Å²) in [6, 6.07) is 4.22. The number of rotatable bonds is 2. The molecule has 6 nitrogen and oxygen atoms in total. The lowest BCUT2D eigenvalue weighted by molar-refractivity contribution is -0.115. The zero-order valence-corrected chi connectivity index (χ0v) is 18.4. The lowest BCUT2D eigenvalue weighted by atomic mass is 9.69. The van der Waals surface area contributed by atoms with Gasteiger partial charge in [-0.3, -0.25) is 10.1 Å². The normalized spacial score (nSPS) is 30.7. The highest BCUT2D eigenvalue weighted by molar-refractivity contribution is 6.14. The van der Waals surface area contributed by atoms with Gasteiger partial charge in [0.15, 0.2) is 0 Å². The van der Waals surface area contributed by atoms with E-state index in [0.29, 0.717) is 23.1 Å². The number of pyridine rings is 1. The van der Waals surface area contributed by atoms with E-state index in [1.54, 1.807) is 6.20 Å². The maximum absolute atomic E-state index is 12.4. The van der Waals surface area contributed by atoms with E-state index in [-0.39, 0.29) is 36.1 Å².